The molecule has 0 aliphatic rings. The van der Waals surface area contributed by atoms with Gasteiger partial charge in [0, 0.05) is 17.3 Å². The van der Waals surface area contributed by atoms with Crippen molar-refractivity contribution in [2.24, 2.45) is 0 Å². The van der Waals surface area contributed by atoms with E-state index in [1.807, 2.05) is 32.9 Å². The summed E-state index contributed by atoms with van der Waals surface area (Å²) in [6, 6.07) is 3.66. The fraction of sp³-hybridized carbons (Fsp3) is 0.571. The highest BCUT2D eigenvalue weighted by atomic mass is 35.5. The standard InChI is InChI=1S/C14H22ClNO2S/c1-6-16-14(11(4)19(5,17)18)12-7-10(3)13(15)8-9(12)2/h7-8,11,14,16H,6H2,1-5H3. The van der Waals surface area contributed by atoms with E-state index in [0.29, 0.717) is 11.6 Å². The van der Waals surface area contributed by atoms with Gasteiger partial charge in [0.1, 0.15) is 0 Å². The molecule has 1 rings (SSSR count). The summed E-state index contributed by atoms with van der Waals surface area (Å²) < 4.78 is 23.6. The maximum atomic E-state index is 11.8. The molecule has 0 saturated heterocycles. The molecule has 1 aromatic carbocycles. The predicted octanol–water partition coefficient (Wildman–Crippen LogP) is 3.04. The van der Waals surface area contributed by atoms with Crippen LogP contribution in [0.4, 0.5) is 0 Å². The summed E-state index contributed by atoms with van der Waals surface area (Å²) in [6.07, 6.45) is 1.28. The molecule has 0 aliphatic heterocycles. The van der Waals surface area contributed by atoms with Crippen molar-refractivity contribution in [1.82, 2.24) is 5.32 Å². The molecule has 0 bridgehead atoms. The monoisotopic (exact) mass is 303 g/mol. The number of hydrogen-bond acceptors (Lipinski definition) is 3. The number of benzene rings is 1. The number of rotatable bonds is 5. The van der Waals surface area contributed by atoms with Gasteiger partial charge >= 0.3 is 0 Å². The van der Waals surface area contributed by atoms with Gasteiger partial charge in [0.25, 0.3) is 0 Å². The van der Waals surface area contributed by atoms with E-state index in [9.17, 15) is 8.42 Å². The van der Waals surface area contributed by atoms with Crippen LogP contribution in [-0.2, 0) is 9.84 Å². The summed E-state index contributed by atoms with van der Waals surface area (Å²) in [7, 11) is -3.11. The topological polar surface area (TPSA) is 46.2 Å². The van der Waals surface area contributed by atoms with Crippen molar-refractivity contribution in [3.63, 3.8) is 0 Å². The van der Waals surface area contributed by atoms with Crippen LogP contribution in [0.3, 0.4) is 0 Å². The largest absolute Gasteiger partial charge is 0.309 e. The summed E-state index contributed by atoms with van der Waals surface area (Å²) >= 11 is 6.10. The van der Waals surface area contributed by atoms with Gasteiger partial charge in [-0.2, -0.15) is 0 Å². The normalized spacial score (nSPS) is 15.3. The number of nitrogens with one attached hydrogen (secondary N) is 1. The average Bonchev–Trinajstić information content (AvgIpc) is 2.29. The van der Waals surface area contributed by atoms with E-state index in [1.54, 1.807) is 6.92 Å². The third-order valence-electron chi connectivity index (χ3n) is 3.45. The molecule has 2 unspecified atom stereocenters. The van der Waals surface area contributed by atoms with E-state index >= 15 is 0 Å². The first-order valence-corrected chi connectivity index (χ1v) is 8.70. The zero-order valence-corrected chi connectivity index (χ0v) is 13.7. The molecule has 108 valence electrons. The SMILES string of the molecule is CCNC(c1cc(C)c(Cl)cc1C)C(C)S(C)(=O)=O. The maximum Gasteiger partial charge on any atom is 0.151 e. The van der Waals surface area contributed by atoms with Gasteiger partial charge in [0.2, 0.25) is 0 Å². The van der Waals surface area contributed by atoms with Crippen LogP contribution in [0.2, 0.25) is 5.02 Å². The third-order valence-corrected chi connectivity index (χ3v) is 5.48. The van der Waals surface area contributed by atoms with Gasteiger partial charge in [0.05, 0.1) is 5.25 Å². The van der Waals surface area contributed by atoms with Gasteiger partial charge in [-0.15, -0.1) is 0 Å². The van der Waals surface area contributed by atoms with Crippen molar-refractivity contribution in [3.05, 3.63) is 33.8 Å². The first-order chi connectivity index (χ1) is 8.68. The van der Waals surface area contributed by atoms with Crippen molar-refractivity contribution < 1.29 is 8.42 Å². The highest BCUT2D eigenvalue weighted by Crippen LogP contribution is 2.29. The average molecular weight is 304 g/mol. The zero-order valence-electron chi connectivity index (χ0n) is 12.1. The summed E-state index contributed by atoms with van der Waals surface area (Å²) in [5, 5.41) is 3.50. The Kier molecular flexibility index (Phi) is 5.42. The molecule has 0 radical (unpaired) electrons. The first-order valence-electron chi connectivity index (χ1n) is 6.37. The molecule has 5 heteroatoms. The van der Waals surface area contributed by atoms with Crippen molar-refractivity contribution in [1.29, 1.82) is 0 Å². The minimum Gasteiger partial charge on any atom is -0.309 e. The predicted molar refractivity (Wildman–Crippen MR) is 81.6 cm³/mol. The highest BCUT2D eigenvalue weighted by Gasteiger charge is 2.28. The second kappa shape index (κ2) is 6.25. The molecule has 0 fully saturated rings. The van der Waals surface area contributed by atoms with Crippen molar-refractivity contribution in [2.75, 3.05) is 12.8 Å². The van der Waals surface area contributed by atoms with E-state index in [2.05, 4.69) is 5.32 Å². The van der Waals surface area contributed by atoms with Gasteiger partial charge < -0.3 is 5.32 Å². The van der Waals surface area contributed by atoms with Gasteiger partial charge in [-0.25, -0.2) is 8.42 Å². The van der Waals surface area contributed by atoms with Crippen LogP contribution in [-0.4, -0.2) is 26.5 Å². The maximum absolute atomic E-state index is 11.8. The van der Waals surface area contributed by atoms with Crippen molar-refractivity contribution in [2.45, 2.75) is 39.0 Å². The lowest BCUT2D eigenvalue weighted by atomic mass is 9.97. The summed E-state index contributed by atoms with van der Waals surface area (Å²) in [5.74, 6) is 0. The van der Waals surface area contributed by atoms with Crippen molar-refractivity contribution >= 4 is 21.4 Å². The Morgan fingerprint density at radius 1 is 1.26 bits per heavy atom. The minimum atomic E-state index is -3.11. The van der Waals surface area contributed by atoms with Gasteiger partial charge in [-0.05, 0) is 50.1 Å². The number of hydrogen-bond donors (Lipinski definition) is 1. The third kappa shape index (κ3) is 3.94. The van der Waals surface area contributed by atoms with Crippen LogP contribution in [0.1, 0.15) is 36.6 Å². The van der Waals surface area contributed by atoms with Gasteiger partial charge in [0.15, 0.2) is 9.84 Å². The Labute approximate surface area is 121 Å². The Hall–Kier alpha value is -0.580. The molecule has 2 atom stereocenters. The Bertz CT molecular complexity index is 555. The highest BCUT2D eigenvalue weighted by molar-refractivity contribution is 7.91. The molecule has 0 saturated carbocycles. The molecule has 0 aliphatic carbocycles. The fourth-order valence-corrected chi connectivity index (χ4v) is 3.09. The van der Waals surface area contributed by atoms with Crippen LogP contribution < -0.4 is 5.32 Å². The lowest BCUT2D eigenvalue weighted by Gasteiger charge is -2.26. The van der Waals surface area contributed by atoms with Crippen LogP contribution in [0.15, 0.2) is 12.1 Å². The lowest BCUT2D eigenvalue weighted by molar-refractivity contribution is 0.511. The lowest BCUT2D eigenvalue weighted by Crippen LogP contribution is -2.35. The molecular weight excluding hydrogens is 282 g/mol. The minimum absolute atomic E-state index is 0.212. The molecule has 1 N–H and O–H groups in total. The van der Waals surface area contributed by atoms with Gasteiger partial charge in [-0.3, -0.25) is 0 Å². The van der Waals surface area contributed by atoms with E-state index in [-0.39, 0.29) is 6.04 Å². The van der Waals surface area contributed by atoms with Crippen LogP contribution >= 0.6 is 11.6 Å². The summed E-state index contributed by atoms with van der Waals surface area (Å²) in [5.41, 5.74) is 2.98. The molecule has 19 heavy (non-hydrogen) atoms. The fourth-order valence-electron chi connectivity index (χ4n) is 2.13. The second-order valence-corrected chi connectivity index (χ2v) is 7.84. The molecule has 3 nitrogen and oxygen atoms in total. The zero-order chi connectivity index (χ0) is 14.8. The van der Waals surface area contributed by atoms with E-state index in [4.69, 9.17) is 11.6 Å². The van der Waals surface area contributed by atoms with Crippen molar-refractivity contribution in [3.8, 4) is 0 Å². The number of sulfone groups is 1. The Morgan fingerprint density at radius 3 is 2.32 bits per heavy atom. The first kappa shape index (κ1) is 16.5. The van der Waals surface area contributed by atoms with E-state index < -0.39 is 15.1 Å². The summed E-state index contributed by atoms with van der Waals surface area (Å²) in [6.45, 7) is 8.32. The molecule has 0 spiro atoms. The van der Waals surface area contributed by atoms with Crippen LogP contribution in [0, 0.1) is 13.8 Å². The Morgan fingerprint density at radius 2 is 1.84 bits per heavy atom. The Balaban J connectivity index is 3.31. The number of halogens is 1. The van der Waals surface area contributed by atoms with Crippen LogP contribution in [0.5, 0.6) is 0 Å². The van der Waals surface area contributed by atoms with Gasteiger partial charge in [-0.1, -0.05) is 24.6 Å². The van der Waals surface area contributed by atoms with Crippen LogP contribution in [0.25, 0.3) is 0 Å². The molecule has 0 amide bonds. The van der Waals surface area contributed by atoms with E-state index in [1.165, 1.54) is 6.26 Å². The van der Waals surface area contributed by atoms with E-state index in [0.717, 1.165) is 16.7 Å². The number of aryl methyl sites for hydroxylation is 2. The smallest absolute Gasteiger partial charge is 0.151 e. The second-order valence-electron chi connectivity index (χ2n) is 5.03. The molecule has 0 aromatic heterocycles. The molecule has 1 aromatic rings. The molecular formula is C14H22ClNO2S. The molecule has 0 heterocycles. The summed E-state index contributed by atoms with van der Waals surface area (Å²) in [4.78, 5) is 0. The quantitative estimate of drug-likeness (QED) is 0.909.